The van der Waals surface area contributed by atoms with Crippen molar-refractivity contribution in [1.29, 1.82) is 0 Å². The molecule has 0 bridgehead atoms. The average molecular weight is 424 g/mol. The number of esters is 1. The predicted molar refractivity (Wildman–Crippen MR) is 105 cm³/mol. The number of pyridine rings is 1. The maximum Gasteiger partial charge on any atom is 0.426 e. The molecule has 1 aromatic heterocycles. The first-order valence-corrected chi connectivity index (χ1v) is 9.52. The van der Waals surface area contributed by atoms with Crippen molar-refractivity contribution in [2.45, 2.75) is 33.6 Å². The molecule has 1 saturated carbocycles. The van der Waals surface area contributed by atoms with Crippen molar-refractivity contribution in [3.8, 4) is 11.3 Å². The number of aromatic nitrogens is 1. The first kappa shape index (κ1) is 21.4. The van der Waals surface area contributed by atoms with E-state index in [-0.39, 0.29) is 6.61 Å². The van der Waals surface area contributed by atoms with Gasteiger partial charge in [-0.2, -0.15) is 13.2 Å². The van der Waals surface area contributed by atoms with Crippen LogP contribution in [0.4, 0.5) is 13.2 Å². The molecule has 0 aliphatic heterocycles. The Balaban J connectivity index is 1.70. The maximum atomic E-state index is 12.7. The fraction of sp³-hybridized carbons (Fsp3) is 0.364. The van der Waals surface area contributed by atoms with Crippen molar-refractivity contribution in [1.82, 2.24) is 4.98 Å². The number of alkyl halides is 3. The summed E-state index contributed by atoms with van der Waals surface area (Å²) >= 11 is 5.34. The van der Waals surface area contributed by atoms with E-state index >= 15 is 0 Å². The number of benzene rings is 1. The Kier molecular flexibility index (Phi) is 5.77. The summed E-state index contributed by atoms with van der Waals surface area (Å²) in [4.78, 5) is 16.9. The summed E-state index contributed by atoms with van der Waals surface area (Å²) < 4.78 is 43.5. The van der Waals surface area contributed by atoms with Crippen molar-refractivity contribution in [3.63, 3.8) is 0 Å². The van der Waals surface area contributed by atoms with Gasteiger partial charge in [-0.15, -0.1) is 0 Å². The van der Waals surface area contributed by atoms with Gasteiger partial charge in [-0.05, 0) is 41.5 Å². The van der Waals surface area contributed by atoms with E-state index in [1.54, 1.807) is 20.0 Å². The Morgan fingerprint density at radius 2 is 1.97 bits per heavy atom. The summed E-state index contributed by atoms with van der Waals surface area (Å²) in [5.41, 5.74) is 2.87. The SMILES string of the molecule is Cc1c(COC(=O)C2C(C=C(Cl)C(F)(F)F)C2(C)C)cccc1-c1ccccn1. The highest BCUT2D eigenvalue weighted by molar-refractivity contribution is 6.30. The molecule has 1 fully saturated rings. The van der Waals surface area contributed by atoms with Gasteiger partial charge in [-0.25, -0.2) is 0 Å². The molecule has 2 atom stereocenters. The van der Waals surface area contributed by atoms with Crippen LogP contribution in [0.2, 0.25) is 0 Å². The normalized spacial score (nSPS) is 21.0. The summed E-state index contributed by atoms with van der Waals surface area (Å²) in [5.74, 6) is -1.78. The first-order valence-electron chi connectivity index (χ1n) is 9.14. The number of halogens is 4. The van der Waals surface area contributed by atoms with E-state index < -0.39 is 34.4 Å². The number of carbonyl (C=O) groups excluding carboxylic acids is 1. The van der Waals surface area contributed by atoms with Crippen LogP contribution in [0.15, 0.2) is 53.7 Å². The molecular weight excluding hydrogens is 403 g/mol. The topological polar surface area (TPSA) is 39.2 Å². The number of nitrogens with zero attached hydrogens (tertiary/aromatic N) is 1. The Morgan fingerprint density at radius 3 is 2.59 bits per heavy atom. The fourth-order valence-corrected chi connectivity index (χ4v) is 3.70. The molecular formula is C22H21ClF3NO2. The molecule has 1 aliphatic rings. The molecule has 0 N–H and O–H groups in total. The van der Waals surface area contributed by atoms with E-state index in [2.05, 4.69) is 4.98 Å². The summed E-state index contributed by atoms with van der Waals surface area (Å²) in [7, 11) is 0. The minimum Gasteiger partial charge on any atom is -0.461 e. The number of hydrogen-bond acceptors (Lipinski definition) is 3. The van der Waals surface area contributed by atoms with E-state index in [1.165, 1.54) is 0 Å². The zero-order valence-electron chi connectivity index (χ0n) is 16.3. The summed E-state index contributed by atoms with van der Waals surface area (Å²) in [6, 6.07) is 11.3. The Labute approximate surface area is 172 Å². The minimum atomic E-state index is -4.61. The van der Waals surface area contributed by atoms with Crippen LogP contribution < -0.4 is 0 Å². The summed E-state index contributed by atoms with van der Waals surface area (Å²) in [5, 5.41) is -1.20. The van der Waals surface area contributed by atoms with Crippen molar-refractivity contribution in [2.24, 2.45) is 17.3 Å². The van der Waals surface area contributed by atoms with Gasteiger partial charge < -0.3 is 4.74 Å². The zero-order valence-corrected chi connectivity index (χ0v) is 17.0. The molecule has 0 radical (unpaired) electrons. The lowest BCUT2D eigenvalue weighted by Crippen LogP contribution is -2.11. The molecule has 1 aliphatic carbocycles. The highest BCUT2D eigenvalue weighted by atomic mass is 35.5. The maximum absolute atomic E-state index is 12.7. The Bertz CT molecular complexity index is 939. The van der Waals surface area contributed by atoms with Gasteiger partial charge in [0.05, 0.1) is 11.6 Å². The predicted octanol–water partition coefficient (Wildman–Crippen LogP) is 6.06. The summed E-state index contributed by atoms with van der Waals surface area (Å²) in [6.07, 6.45) is -1.99. The van der Waals surface area contributed by atoms with E-state index in [0.717, 1.165) is 28.5 Å². The largest absolute Gasteiger partial charge is 0.461 e. The van der Waals surface area contributed by atoms with Crippen LogP contribution in [0.1, 0.15) is 25.0 Å². The lowest BCUT2D eigenvalue weighted by Gasteiger charge is -2.12. The Morgan fingerprint density at radius 1 is 1.24 bits per heavy atom. The van der Waals surface area contributed by atoms with Crippen LogP contribution in [-0.2, 0) is 16.1 Å². The molecule has 3 rings (SSSR count). The number of hydrogen-bond donors (Lipinski definition) is 0. The molecule has 0 saturated heterocycles. The second-order valence-electron chi connectivity index (χ2n) is 7.75. The molecule has 3 nitrogen and oxygen atoms in total. The molecule has 1 aromatic carbocycles. The lowest BCUT2D eigenvalue weighted by atomic mass is 10.00. The average Bonchev–Trinajstić information content (AvgIpc) is 3.20. The van der Waals surface area contributed by atoms with Crippen LogP contribution in [0, 0.1) is 24.2 Å². The minimum absolute atomic E-state index is 0.0430. The van der Waals surface area contributed by atoms with Crippen LogP contribution in [0.3, 0.4) is 0 Å². The Hall–Kier alpha value is -2.34. The van der Waals surface area contributed by atoms with Gasteiger partial charge in [0.15, 0.2) is 0 Å². The molecule has 0 spiro atoms. The zero-order chi connectivity index (χ0) is 21.4. The molecule has 29 heavy (non-hydrogen) atoms. The number of rotatable bonds is 5. The standard InChI is InChI=1S/C22H21ClF3NO2/c1-13-14(7-6-8-15(13)17-9-4-5-10-27-17)12-29-20(28)19-16(21(19,2)3)11-18(23)22(24,25)26/h4-11,16,19H,12H2,1-3H3. The van der Waals surface area contributed by atoms with Crippen molar-refractivity contribution in [2.75, 3.05) is 0 Å². The second-order valence-corrected chi connectivity index (χ2v) is 8.16. The second kappa shape index (κ2) is 7.82. The van der Waals surface area contributed by atoms with E-state index in [9.17, 15) is 18.0 Å². The smallest absolute Gasteiger partial charge is 0.426 e. The van der Waals surface area contributed by atoms with E-state index in [0.29, 0.717) is 0 Å². The third kappa shape index (κ3) is 4.47. The van der Waals surface area contributed by atoms with Gasteiger partial charge >= 0.3 is 12.1 Å². The molecule has 1 heterocycles. The van der Waals surface area contributed by atoms with Gasteiger partial charge in [0.25, 0.3) is 0 Å². The molecule has 0 amide bonds. The molecule has 2 aromatic rings. The van der Waals surface area contributed by atoms with Gasteiger partial charge in [0, 0.05) is 11.8 Å². The van der Waals surface area contributed by atoms with Crippen LogP contribution >= 0.6 is 11.6 Å². The fourth-order valence-electron chi connectivity index (χ4n) is 3.57. The molecule has 154 valence electrons. The number of carbonyl (C=O) groups is 1. The third-order valence-corrected chi connectivity index (χ3v) is 5.86. The molecule has 2 unspecified atom stereocenters. The highest BCUT2D eigenvalue weighted by Gasteiger charge is 2.62. The van der Waals surface area contributed by atoms with Crippen LogP contribution in [-0.4, -0.2) is 17.1 Å². The molecule has 7 heteroatoms. The monoisotopic (exact) mass is 423 g/mol. The number of allylic oxidation sites excluding steroid dienone is 2. The third-order valence-electron chi connectivity index (χ3n) is 5.52. The van der Waals surface area contributed by atoms with E-state index in [1.807, 2.05) is 43.3 Å². The van der Waals surface area contributed by atoms with Crippen molar-refractivity contribution >= 4 is 17.6 Å². The highest BCUT2D eigenvalue weighted by Crippen LogP contribution is 2.60. The van der Waals surface area contributed by atoms with Gasteiger partial charge in [-0.3, -0.25) is 9.78 Å². The lowest BCUT2D eigenvalue weighted by molar-refractivity contribution is -0.147. The first-order chi connectivity index (χ1) is 13.5. The quantitative estimate of drug-likeness (QED) is 0.549. The van der Waals surface area contributed by atoms with Crippen LogP contribution in [0.25, 0.3) is 11.3 Å². The van der Waals surface area contributed by atoms with E-state index in [4.69, 9.17) is 16.3 Å². The van der Waals surface area contributed by atoms with Gasteiger partial charge in [0.2, 0.25) is 0 Å². The summed E-state index contributed by atoms with van der Waals surface area (Å²) in [6.45, 7) is 5.42. The van der Waals surface area contributed by atoms with Crippen molar-refractivity contribution in [3.05, 3.63) is 64.8 Å². The van der Waals surface area contributed by atoms with Gasteiger partial charge in [0.1, 0.15) is 11.6 Å². The number of ether oxygens (including phenoxy) is 1. The van der Waals surface area contributed by atoms with Crippen LogP contribution in [0.5, 0.6) is 0 Å². The van der Waals surface area contributed by atoms with Gasteiger partial charge in [-0.1, -0.05) is 55.8 Å². The van der Waals surface area contributed by atoms with Crippen molar-refractivity contribution < 1.29 is 22.7 Å².